The van der Waals surface area contributed by atoms with E-state index in [-0.39, 0.29) is 36.6 Å². The van der Waals surface area contributed by atoms with Crippen LogP contribution >= 0.6 is 0 Å². The minimum absolute atomic E-state index is 0.0273. The highest BCUT2D eigenvalue weighted by Crippen LogP contribution is 2.27. The molecule has 0 saturated heterocycles. The van der Waals surface area contributed by atoms with Crippen molar-refractivity contribution in [2.24, 2.45) is 5.73 Å². The second-order valence-corrected chi connectivity index (χ2v) is 8.22. The highest BCUT2D eigenvalue weighted by molar-refractivity contribution is 6.04. The van der Waals surface area contributed by atoms with Gasteiger partial charge in [-0.05, 0) is 43.0 Å². The van der Waals surface area contributed by atoms with Crippen molar-refractivity contribution in [3.8, 4) is 5.75 Å². The van der Waals surface area contributed by atoms with Gasteiger partial charge in [0.25, 0.3) is 5.91 Å². The number of nitrogens with zero attached hydrogens (tertiary/aromatic N) is 3. The number of carbonyl (C=O) groups excluding carboxylic acids is 3. The maximum absolute atomic E-state index is 13.1. The lowest BCUT2D eigenvalue weighted by atomic mass is 10.1. The van der Waals surface area contributed by atoms with E-state index in [4.69, 9.17) is 10.5 Å². The lowest BCUT2D eigenvalue weighted by Gasteiger charge is -2.22. The molecule has 1 fully saturated rings. The molecule has 0 bridgehead atoms. The van der Waals surface area contributed by atoms with Gasteiger partial charge in [-0.25, -0.2) is 0 Å². The van der Waals surface area contributed by atoms with Crippen LogP contribution in [0.3, 0.4) is 0 Å². The van der Waals surface area contributed by atoms with Gasteiger partial charge in [0.1, 0.15) is 12.3 Å². The molecule has 1 saturated carbocycles. The highest BCUT2D eigenvalue weighted by Gasteiger charge is 2.34. The van der Waals surface area contributed by atoms with Crippen LogP contribution in [0.1, 0.15) is 34.5 Å². The third-order valence-electron chi connectivity index (χ3n) is 5.75. The molecule has 0 unspecified atom stereocenters. The Labute approximate surface area is 191 Å². The molecule has 9 nitrogen and oxygen atoms in total. The summed E-state index contributed by atoms with van der Waals surface area (Å²) in [4.78, 5) is 39.1. The largest absolute Gasteiger partial charge is 0.496 e. The van der Waals surface area contributed by atoms with Gasteiger partial charge in [0, 0.05) is 18.0 Å². The first-order valence-electron chi connectivity index (χ1n) is 10.8. The number of carbonyl (C=O) groups is 3. The van der Waals surface area contributed by atoms with Gasteiger partial charge < -0.3 is 20.7 Å². The Bertz CT molecular complexity index is 1210. The van der Waals surface area contributed by atoms with Crippen molar-refractivity contribution in [3.63, 3.8) is 0 Å². The van der Waals surface area contributed by atoms with Crippen LogP contribution in [-0.2, 0) is 22.7 Å². The van der Waals surface area contributed by atoms with E-state index in [9.17, 15) is 14.4 Å². The van der Waals surface area contributed by atoms with Crippen LogP contribution in [0.4, 0.5) is 0 Å². The first-order chi connectivity index (χ1) is 15.9. The molecule has 1 aromatic heterocycles. The number of hydrogen-bond acceptors (Lipinski definition) is 5. The molecule has 172 valence electrons. The zero-order valence-electron chi connectivity index (χ0n) is 18.7. The minimum Gasteiger partial charge on any atom is -0.496 e. The second-order valence-electron chi connectivity index (χ2n) is 8.22. The third kappa shape index (κ3) is 4.97. The number of methoxy groups -OCH3 is 1. The quantitative estimate of drug-likeness (QED) is 0.516. The van der Waals surface area contributed by atoms with Gasteiger partial charge in [-0.1, -0.05) is 30.3 Å². The van der Waals surface area contributed by atoms with E-state index in [1.165, 1.54) is 4.68 Å². The Morgan fingerprint density at radius 3 is 2.64 bits per heavy atom. The summed E-state index contributed by atoms with van der Waals surface area (Å²) in [6.07, 6.45) is 1.73. The fraction of sp³-hybridized carbons (Fsp3) is 0.333. The molecule has 2 aromatic carbocycles. The van der Waals surface area contributed by atoms with Crippen molar-refractivity contribution in [3.05, 3.63) is 59.3 Å². The number of para-hydroxylation sites is 1. The Morgan fingerprint density at radius 1 is 1.21 bits per heavy atom. The zero-order chi connectivity index (χ0) is 23.5. The molecule has 1 aliphatic carbocycles. The molecule has 4 rings (SSSR count). The van der Waals surface area contributed by atoms with E-state index in [2.05, 4.69) is 10.4 Å². The van der Waals surface area contributed by atoms with Crippen molar-refractivity contribution >= 4 is 28.6 Å². The zero-order valence-corrected chi connectivity index (χ0v) is 18.7. The number of nitrogens with one attached hydrogen (secondary N) is 1. The van der Waals surface area contributed by atoms with Crippen molar-refractivity contribution in [2.45, 2.75) is 38.9 Å². The van der Waals surface area contributed by atoms with E-state index in [0.29, 0.717) is 17.4 Å². The summed E-state index contributed by atoms with van der Waals surface area (Å²) >= 11 is 0. The van der Waals surface area contributed by atoms with Crippen molar-refractivity contribution in [1.29, 1.82) is 0 Å². The number of nitrogens with two attached hydrogens (primary N) is 1. The van der Waals surface area contributed by atoms with Gasteiger partial charge in [-0.3, -0.25) is 19.1 Å². The summed E-state index contributed by atoms with van der Waals surface area (Å²) in [7, 11) is 1.62. The molecule has 3 amide bonds. The van der Waals surface area contributed by atoms with Crippen LogP contribution in [0.25, 0.3) is 10.9 Å². The van der Waals surface area contributed by atoms with Crippen molar-refractivity contribution in [2.75, 3.05) is 13.7 Å². The van der Waals surface area contributed by atoms with Crippen molar-refractivity contribution < 1.29 is 19.1 Å². The number of benzene rings is 2. The summed E-state index contributed by atoms with van der Waals surface area (Å²) in [5.41, 5.74) is 8.16. The molecule has 0 atom stereocenters. The van der Waals surface area contributed by atoms with Gasteiger partial charge in [0.2, 0.25) is 11.8 Å². The number of hydrogen-bond donors (Lipinski definition) is 2. The Balaban J connectivity index is 1.42. The summed E-state index contributed by atoms with van der Waals surface area (Å²) in [5.74, 6) is -0.310. The molecule has 3 aromatic rings. The van der Waals surface area contributed by atoms with Gasteiger partial charge in [-0.2, -0.15) is 5.10 Å². The minimum atomic E-state index is -0.649. The summed E-state index contributed by atoms with van der Waals surface area (Å²) in [6.45, 7) is 2.21. The molecular formula is C24H27N5O4. The van der Waals surface area contributed by atoms with Gasteiger partial charge in [0.05, 0.1) is 19.2 Å². The lowest BCUT2D eigenvalue weighted by molar-refractivity contribution is -0.137. The molecule has 1 aliphatic rings. The number of aromatic nitrogens is 2. The third-order valence-corrected chi connectivity index (χ3v) is 5.75. The molecule has 0 radical (unpaired) electrons. The number of fused-ring (bicyclic) bond motifs is 1. The van der Waals surface area contributed by atoms with E-state index in [0.717, 1.165) is 29.7 Å². The van der Waals surface area contributed by atoms with Crippen LogP contribution in [0.15, 0.2) is 42.5 Å². The summed E-state index contributed by atoms with van der Waals surface area (Å²) in [5, 5.41) is 7.74. The van der Waals surface area contributed by atoms with Crippen LogP contribution in [0.2, 0.25) is 0 Å². The van der Waals surface area contributed by atoms with E-state index in [1.807, 2.05) is 31.2 Å². The SMILES string of the molecule is COc1ccc(CNC(=O)CN(C(=O)Cn2nc(C(N)=O)c3ccccc32)C2CC2)cc1C. The van der Waals surface area contributed by atoms with Crippen molar-refractivity contribution in [1.82, 2.24) is 20.0 Å². The first kappa shape index (κ1) is 22.3. The fourth-order valence-electron chi connectivity index (χ4n) is 3.92. The van der Waals surface area contributed by atoms with E-state index >= 15 is 0 Å². The van der Waals surface area contributed by atoms with Crippen LogP contribution in [-0.4, -0.2) is 52.1 Å². The van der Waals surface area contributed by atoms with Gasteiger partial charge >= 0.3 is 0 Å². The highest BCUT2D eigenvalue weighted by atomic mass is 16.5. The van der Waals surface area contributed by atoms with Gasteiger partial charge in [-0.15, -0.1) is 0 Å². The number of primary amides is 1. The molecule has 33 heavy (non-hydrogen) atoms. The maximum atomic E-state index is 13.1. The Morgan fingerprint density at radius 2 is 1.97 bits per heavy atom. The molecule has 0 spiro atoms. The molecule has 0 aliphatic heterocycles. The average molecular weight is 450 g/mol. The summed E-state index contributed by atoms with van der Waals surface area (Å²) < 4.78 is 6.74. The van der Waals surface area contributed by atoms with E-state index < -0.39 is 5.91 Å². The molecule has 3 N–H and O–H groups in total. The standard InChI is InChI=1S/C24H27N5O4/c1-15-11-16(7-10-20(15)33-2)12-26-21(30)13-28(17-8-9-17)22(31)14-29-19-6-4-3-5-18(19)23(27-29)24(25)32/h3-7,10-11,17H,8-9,12-14H2,1-2H3,(H2,25,32)(H,26,30). The molecule has 1 heterocycles. The lowest BCUT2D eigenvalue weighted by Crippen LogP contribution is -2.43. The number of amides is 3. The predicted molar refractivity (Wildman–Crippen MR) is 123 cm³/mol. The van der Waals surface area contributed by atoms with Crippen LogP contribution in [0.5, 0.6) is 5.75 Å². The topological polar surface area (TPSA) is 120 Å². The Hall–Kier alpha value is -3.88. The van der Waals surface area contributed by atoms with Crippen LogP contribution < -0.4 is 15.8 Å². The average Bonchev–Trinajstić information content (AvgIpc) is 3.57. The normalized spacial score (nSPS) is 13.0. The second kappa shape index (κ2) is 9.32. The number of aryl methyl sites for hydroxylation is 1. The summed E-state index contributed by atoms with van der Waals surface area (Å²) in [6, 6.07) is 12.9. The number of ether oxygens (including phenoxy) is 1. The monoisotopic (exact) mass is 449 g/mol. The molecule has 9 heteroatoms. The molecular weight excluding hydrogens is 422 g/mol. The smallest absolute Gasteiger partial charge is 0.269 e. The van der Waals surface area contributed by atoms with E-state index in [1.54, 1.807) is 30.2 Å². The predicted octanol–water partition coefficient (Wildman–Crippen LogP) is 1.76. The maximum Gasteiger partial charge on any atom is 0.269 e. The first-order valence-corrected chi connectivity index (χ1v) is 10.8. The van der Waals surface area contributed by atoms with Crippen LogP contribution in [0, 0.1) is 6.92 Å². The van der Waals surface area contributed by atoms with Gasteiger partial charge in [0.15, 0.2) is 5.69 Å². The number of rotatable bonds is 9. The Kier molecular flexibility index (Phi) is 6.30. The fourth-order valence-corrected chi connectivity index (χ4v) is 3.92.